The lowest BCUT2D eigenvalue weighted by atomic mass is 9.96. The van der Waals surface area contributed by atoms with Gasteiger partial charge in [-0.3, -0.25) is 5.43 Å². The minimum Gasteiger partial charge on any atom is -0.485 e. The van der Waals surface area contributed by atoms with Gasteiger partial charge in [-0.2, -0.15) is 5.10 Å². The fraction of sp³-hybridized carbons (Fsp3) is 0.136. The molecule has 0 bridgehead atoms. The van der Waals surface area contributed by atoms with Crippen LogP contribution in [-0.2, 0) is 0 Å². The molecule has 3 aromatic carbocycles. The summed E-state index contributed by atoms with van der Waals surface area (Å²) in [4.78, 5) is 0. The first-order chi connectivity index (χ1) is 12.3. The molecule has 3 heteroatoms. The van der Waals surface area contributed by atoms with Gasteiger partial charge >= 0.3 is 0 Å². The number of fused-ring (bicyclic) bond motifs is 1. The fourth-order valence-electron chi connectivity index (χ4n) is 3.07. The van der Waals surface area contributed by atoms with Gasteiger partial charge in [-0.25, -0.2) is 0 Å². The highest BCUT2D eigenvalue weighted by Crippen LogP contribution is 2.35. The highest BCUT2D eigenvalue weighted by molar-refractivity contribution is 6.04. The zero-order valence-corrected chi connectivity index (χ0v) is 14.1. The summed E-state index contributed by atoms with van der Waals surface area (Å²) in [5.41, 5.74) is 8.66. The van der Waals surface area contributed by atoms with Crippen molar-refractivity contribution in [2.75, 3.05) is 5.43 Å². The molecule has 0 aromatic heterocycles. The molecule has 0 aliphatic carbocycles. The number of nitrogens with one attached hydrogen (secondary N) is 1. The third kappa shape index (κ3) is 3.26. The summed E-state index contributed by atoms with van der Waals surface area (Å²) >= 11 is 0. The number of para-hydroxylation sites is 2. The summed E-state index contributed by atoms with van der Waals surface area (Å²) < 4.78 is 6.22. The Hall–Kier alpha value is -3.07. The van der Waals surface area contributed by atoms with Gasteiger partial charge in [-0.1, -0.05) is 60.7 Å². The number of nitrogens with zero attached hydrogens (tertiary/aromatic N) is 1. The Bertz CT molecular complexity index is 903. The Balaban J connectivity index is 1.68. The van der Waals surface area contributed by atoms with Crippen LogP contribution < -0.4 is 10.2 Å². The molecule has 124 valence electrons. The first kappa shape index (κ1) is 15.5. The second kappa shape index (κ2) is 6.81. The lowest BCUT2D eigenvalue weighted by Gasteiger charge is -2.27. The minimum atomic E-state index is -0.0199. The van der Waals surface area contributed by atoms with Gasteiger partial charge in [0.25, 0.3) is 0 Å². The van der Waals surface area contributed by atoms with Crippen molar-refractivity contribution >= 4 is 11.4 Å². The summed E-state index contributed by atoms with van der Waals surface area (Å²) in [6, 6.07) is 26.6. The summed E-state index contributed by atoms with van der Waals surface area (Å²) in [6.45, 7) is 2.08. The minimum absolute atomic E-state index is 0.0199. The quantitative estimate of drug-likeness (QED) is 0.659. The maximum absolute atomic E-state index is 6.22. The highest BCUT2D eigenvalue weighted by Gasteiger charge is 2.26. The van der Waals surface area contributed by atoms with E-state index < -0.39 is 0 Å². The molecular formula is C22H20N2O. The fourth-order valence-corrected chi connectivity index (χ4v) is 3.07. The third-order valence-electron chi connectivity index (χ3n) is 4.47. The first-order valence-electron chi connectivity index (χ1n) is 8.50. The normalized spacial score (nSPS) is 17.6. The van der Waals surface area contributed by atoms with Crippen molar-refractivity contribution in [3.8, 4) is 5.75 Å². The van der Waals surface area contributed by atoms with E-state index in [1.165, 1.54) is 11.1 Å². The van der Waals surface area contributed by atoms with Crippen LogP contribution in [0.2, 0.25) is 0 Å². The average Bonchev–Trinajstić information content (AvgIpc) is 2.67. The summed E-state index contributed by atoms with van der Waals surface area (Å²) in [6.07, 6.45) is 0.716. The van der Waals surface area contributed by atoms with Crippen molar-refractivity contribution in [2.45, 2.75) is 19.4 Å². The molecule has 1 N–H and O–H groups in total. The summed E-state index contributed by atoms with van der Waals surface area (Å²) in [5.74, 6) is 0.882. The van der Waals surface area contributed by atoms with E-state index in [2.05, 4.69) is 36.6 Å². The third-order valence-corrected chi connectivity index (χ3v) is 4.47. The van der Waals surface area contributed by atoms with Gasteiger partial charge < -0.3 is 4.74 Å². The average molecular weight is 328 g/mol. The van der Waals surface area contributed by atoms with E-state index in [9.17, 15) is 0 Å². The Morgan fingerprint density at radius 1 is 0.880 bits per heavy atom. The van der Waals surface area contributed by atoms with Gasteiger partial charge in [0.15, 0.2) is 0 Å². The molecule has 0 spiro atoms. The number of aryl methyl sites for hydroxylation is 1. The van der Waals surface area contributed by atoms with Crippen LogP contribution in [0.4, 0.5) is 5.69 Å². The number of hydrogen-bond donors (Lipinski definition) is 1. The number of ether oxygens (including phenoxy) is 1. The maximum Gasteiger partial charge on any atom is 0.129 e. The molecule has 4 rings (SSSR count). The van der Waals surface area contributed by atoms with Crippen molar-refractivity contribution in [1.82, 2.24) is 0 Å². The van der Waals surface area contributed by atoms with Gasteiger partial charge in [-0.15, -0.1) is 0 Å². The maximum atomic E-state index is 6.22. The van der Waals surface area contributed by atoms with E-state index >= 15 is 0 Å². The standard InChI is InChI=1S/C22H20N2O/c1-16-9-5-7-13-19(16)23-24-20-15-22(17-10-3-2-4-11-17)25-21-14-8-6-12-18(20)21/h2-14,22-23H,15H2,1H3/b24-20+. The number of anilines is 1. The van der Waals surface area contributed by atoms with E-state index in [1.54, 1.807) is 0 Å². The second-order valence-electron chi connectivity index (χ2n) is 6.20. The van der Waals surface area contributed by atoms with Crippen molar-refractivity contribution in [3.05, 3.63) is 95.6 Å². The summed E-state index contributed by atoms with van der Waals surface area (Å²) in [7, 11) is 0. The molecule has 3 aromatic rings. The van der Waals surface area contributed by atoms with Crippen LogP contribution in [0.15, 0.2) is 84.0 Å². The molecule has 3 nitrogen and oxygen atoms in total. The van der Waals surface area contributed by atoms with Crippen molar-refractivity contribution in [3.63, 3.8) is 0 Å². The SMILES string of the molecule is Cc1ccccc1N/N=C1\CC(c2ccccc2)Oc2ccccc21. The van der Waals surface area contributed by atoms with E-state index in [0.717, 1.165) is 29.1 Å². The largest absolute Gasteiger partial charge is 0.485 e. The van der Waals surface area contributed by atoms with Crippen molar-refractivity contribution in [2.24, 2.45) is 5.10 Å². The molecule has 1 unspecified atom stereocenters. The van der Waals surface area contributed by atoms with Gasteiger partial charge in [-0.05, 0) is 36.2 Å². The zero-order valence-electron chi connectivity index (χ0n) is 14.1. The Labute approximate surface area is 148 Å². The molecule has 25 heavy (non-hydrogen) atoms. The number of hydrogen-bond acceptors (Lipinski definition) is 3. The van der Waals surface area contributed by atoms with Crippen LogP contribution >= 0.6 is 0 Å². The van der Waals surface area contributed by atoms with Gasteiger partial charge in [0, 0.05) is 12.0 Å². The highest BCUT2D eigenvalue weighted by atomic mass is 16.5. The Morgan fingerprint density at radius 3 is 2.44 bits per heavy atom. The van der Waals surface area contributed by atoms with Crippen LogP contribution in [0.5, 0.6) is 5.75 Å². The second-order valence-corrected chi connectivity index (χ2v) is 6.20. The van der Waals surface area contributed by atoms with Gasteiger partial charge in [0.05, 0.1) is 11.4 Å². The Morgan fingerprint density at radius 2 is 1.60 bits per heavy atom. The molecule has 0 saturated heterocycles. The molecule has 1 aliphatic heterocycles. The van der Waals surface area contributed by atoms with Crippen LogP contribution in [0.3, 0.4) is 0 Å². The van der Waals surface area contributed by atoms with Crippen LogP contribution in [0.25, 0.3) is 0 Å². The molecule has 1 atom stereocenters. The van der Waals surface area contributed by atoms with Gasteiger partial charge in [0.2, 0.25) is 0 Å². The van der Waals surface area contributed by atoms with E-state index in [0.29, 0.717) is 0 Å². The molecule has 1 heterocycles. The van der Waals surface area contributed by atoms with E-state index in [1.807, 2.05) is 54.6 Å². The van der Waals surface area contributed by atoms with Crippen LogP contribution in [0.1, 0.15) is 29.2 Å². The predicted molar refractivity (Wildman–Crippen MR) is 102 cm³/mol. The summed E-state index contributed by atoms with van der Waals surface area (Å²) in [5, 5.41) is 4.72. The van der Waals surface area contributed by atoms with Crippen LogP contribution in [-0.4, -0.2) is 5.71 Å². The first-order valence-corrected chi connectivity index (χ1v) is 8.50. The zero-order chi connectivity index (χ0) is 17.1. The van der Waals surface area contributed by atoms with Gasteiger partial charge in [0.1, 0.15) is 11.9 Å². The molecule has 0 radical (unpaired) electrons. The van der Waals surface area contributed by atoms with E-state index in [4.69, 9.17) is 9.84 Å². The topological polar surface area (TPSA) is 33.6 Å². The number of hydrazone groups is 1. The lowest BCUT2D eigenvalue weighted by molar-refractivity contribution is 0.206. The monoisotopic (exact) mass is 328 g/mol. The van der Waals surface area contributed by atoms with Crippen molar-refractivity contribution < 1.29 is 4.74 Å². The molecule has 0 amide bonds. The molecule has 0 fully saturated rings. The molecular weight excluding hydrogens is 308 g/mol. The smallest absolute Gasteiger partial charge is 0.129 e. The number of benzene rings is 3. The lowest BCUT2D eigenvalue weighted by Crippen LogP contribution is -2.21. The molecule has 1 aliphatic rings. The predicted octanol–water partition coefficient (Wildman–Crippen LogP) is 5.34. The number of rotatable bonds is 3. The van der Waals surface area contributed by atoms with Crippen molar-refractivity contribution in [1.29, 1.82) is 0 Å². The van der Waals surface area contributed by atoms with Crippen LogP contribution in [0, 0.1) is 6.92 Å². The van der Waals surface area contributed by atoms with E-state index in [-0.39, 0.29) is 6.10 Å². The molecule has 0 saturated carbocycles. The Kier molecular flexibility index (Phi) is 4.21.